The van der Waals surface area contributed by atoms with Crippen molar-refractivity contribution >= 4 is 16.9 Å². The van der Waals surface area contributed by atoms with Crippen molar-refractivity contribution in [3.8, 4) is 17.2 Å². The van der Waals surface area contributed by atoms with Crippen molar-refractivity contribution < 1.29 is 14.9 Å². The monoisotopic (exact) mass is 483 g/mol. The largest absolute Gasteiger partial charge is 0.504 e. The van der Waals surface area contributed by atoms with E-state index in [1.54, 1.807) is 12.1 Å². The first-order chi connectivity index (χ1) is 16.7. The number of aromatic nitrogens is 4. The molecule has 2 heterocycles. The Morgan fingerprint density at radius 1 is 1.17 bits per heavy atom. The van der Waals surface area contributed by atoms with Crippen LogP contribution in [-0.4, -0.2) is 49.2 Å². The standard InChI is InChI=1S/C25H37N7O3/c1-13(2)19-21-20(31-30-19)24(27-12-15-6-11-18(35-5)23(34)22(15)33)29-25(32(21)14(3)4)28-17-9-7-16(26)8-10-17/h6,11,13-14,16-17,33-34H,7-10,12,26H2,1-5H3,(H,30,31)(H,27,28,29). The summed E-state index contributed by atoms with van der Waals surface area (Å²) in [6.07, 6.45) is 3.82. The number of nitrogens with zero attached hydrogens (tertiary/aromatic N) is 4. The Balaban J connectivity index is 1.81. The smallest absolute Gasteiger partial charge is 0.227 e. The number of nitrogens with one attached hydrogen (secondary N) is 2. The van der Waals surface area contributed by atoms with Crippen LogP contribution in [0.2, 0.25) is 0 Å². The second-order valence-corrected chi connectivity index (χ2v) is 9.89. The Labute approximate surface area is 205 Å². The molecule has 1 aromatic carbocycles. The van der Waals surface area contributed by atoms with Gasteiger partial charge in [0.1, 0.15) is 0 Å². The van der Waals surface area contributed by atoms with Gasteiger partial charge in [0.15, 0.2) is 22.8 Å². The maximum absolute atomic E-state index is 10.4. The predicted octanol–water partition coefficient (Wildman–Crippen LogP) is 3.67. The van der Waals surface area contributed by atoms with Crippen molar-refractivity contribution in [2.45, 2.75) is 84.0 Å². The van der Waals surface area contributed by atoms with Gasteiger partial charge in [-0.2, -0.15) is 10.1 Å². The van der Waals surface area contributed by atoms with E-state index in [1.807, 2.05) is 0 Å². The first kappa shape index (κ1) is 24.8. The molecule has 0 spiro atoms. The van der Waals surface area contributed by atoms with E-state index in [0.717, 1.165) is 36.9 Å². The van der Waals surface area contributed by atoms with Gasteiger partial charge in [-0.3, -0.25) is 5.10 Å². The molecular formula is C25H37N7O3. The van der Waals surface area contributed by atoms with Crippen LogP contribution in [0.3, 0.4) is 0 Å². The van der Waals surface area contributed by atoms with Crippen molar-refractivity contribution in [3.63, 3.8) is 0 Å². The number of rotatable bonds is 7. The van der Waals surface area contributed by atoms with Gasteiger partial charge in [0, 0.05) is 24.2 Å². The van der Waals surface area contributed by atoms with E-state index >= 15 is 0 Å². The van der Waals surface area contributed by atoms with Gasteiger partial charge in [-0.25, -0.2) is 4.99 Å². The summed E-state index contributed by atoms with van der Waals surface area (Å²) in [5.41, 5.74) is 9.98. The van der Waals surface area contributed by atoms with E-state index in [4.69, 9.17) is 20.4 Å². The molecule has 2 aromatic heterocycles. The summed E-state index contributed by atoms with van der Waals surface area (Å²) >= 11 is 0. The number of aromatic hydroxyl groups is 2. The average Bonchev–Trinajstić information content (AvgIpc) is 3.26. The molecule has 0 atom stereocenters. The second-order valence-electron chi connectivity index (χ2n) is 9.89. The third-order valence-electron chi connectivity index (χ3n) is 6.66. The SMILES string of the molecule is COc1ccc(CNc2nc(=NC3CCC(N)CC3)n(C(C)C)c3c(C(C)C)[nH]nc23)c(O)c1O. The summed E-state index contributed by atoms with van der Waals surface area (Å²) in [5, 5.41) is 31.8. The van der Waals surface area contributed by atoms with Gasteiger partial charge in [0.05, 0.1) is 24.4 Å². The van der Waals surface area contributed by atoms with Gasteiger partial charge in [-0.1, -0.05) is 13.8 Å². The summed E-state index contributed by atoms with van der Waals surface area (Å²) in [4.78, 5) is 9.99. The average molecular weight is 484 g/mol. The molecule has 1 aliphatic carbocycles. The van der Waals surface area contributed by atoms with E-state index in [1.165, 1.54) is 7.11 Å². The summed E-state index contributed by atoms with van der Waals surface area (Å²) in [6.45, 7) is 8.74. The first-order valence-electron chi connectivity index (χ1n) is 12.3. The van der Waals surface area contributed by atoms with Crippen LogP contribution < -0.4 is 21.4 Å². The van der Waals surface area contributed by atoms with Crippen LogP contribution in [-0.2, 0) is 6.54 Å². The number of fused-ring (bicyclic) bond motifs is 1. The van der Waals surface area contributed by atoms with Gasteiger partial charge in [0.25, 0.3) is 0 Å². The van der Waals surface area contributed by atoms with Crippen LogP contribution in [0.25, 0.3) is 11.0 Å². The van der Waals surface area contributed by atoms with E-state index < -0.39 is 0 Å². The summed E-state index contributed by atoms with van der Waals surface area (Å²) in [6, 6.07) is 3.88. The molecule has 0 bridgehead atoms. The number of phenols is 2. The van der Waals surface area contributed by atoms with Crippen LogP contribution >= 0.6 is 0 Å². The quantitative estimate of drug-likeness (QED) is 0.322. The number of benzene rings is 1. The molecule has 0 saturated heterocycles. The summed E-state index contributed by atoms with van der Waals surface area (Å²) < 4.78 is 7.23. The first-order valence-corrected chi connectivity index (χ1v) is 12.3. The Morgan fingerprint density at radius 3 is 2.51 bits per heavy atom. The lowest BCUT2D eigenvalue weighted by molar-refractivity contribution is 0.349. The van der Waals surface area contributed by atoms with E-state index in [0.29, 0.717) is 22.5 Å². The van der Waals surface area contributed by atoms with Crippen LogP contribution in [0.4, 0.5) is 5.82 Å². The van der Waals surface area contributed by atoms with Crippen LogP contribution in [0, 0.1) is 0 Å². The van der Waals surface area contributed by atoms with Gasteiger partial charge < -0.3 is 30.6 Å². The molecule has 10 heteroatoms. The van der Waals surface area contributed by atoms with Crippen molar-refractivity contribution in [1.29, 1.82) is 0 Å². The minimum absolute atomic E-state index is 0.126. The molecule has 6 N–H and O–H groups in total. The number of hydrogen-bond donors (Lipinski definition) is 5. The maximum Gasteiger partial charge on any atom is 0.227 e. The highest BCUT2D eigenvalue weighted by molar-refractivity contribution is 5.87. The second kappa shape index (κ2) is 10.2. The molecule has 4 rings (SSSR count). The lowest BCUT2D eigenvalue weighted by Crippen LogP contribution is -2.33. The highest BCUT2D eigenvalue weighted by Gasteiger charge is 2.23. The number of aromatic amines is 1. The fourth-order valence-corrected chi connectivity index (χ4v) is 4.65. The van der Waals surface area contributed by atoms with Crippen molar-refractivity contribution in [2.24, 2.45) is 10.7 Å². The number of ether oxygens (including phenoxy) is 1. The molecule has 190 valence electrons. The van der Waals surface area contributed by atoms with Crippen LogP contribution in [0.5, 0.6) is 17.2 Å². The van der Waals surface area contributed by atoms with E-state index in [9.17, 15) is 10.2 Å². The number of H-pyrrole nitrogens is 1. The lowest BCUT2D eigenvalue weighted by Gasteiger charge is -2.24. The fourth-order valence-electron chi connectivity index (χ4n) is 4.65. The van der Waals surface area contributed by atoms with Crippen LogP contribution in [0.15, 0.2) is 17.1 Å². The summed E-state index contributed by atoms with van der Waals surface area (Å²) in [7, 11) is 1.44. The minimum atomic E-state index is -0.288. The summed E-state index contributed by atoms with van der Waals surface area (Å²) in [5.74, 6) is 0.495. The fraction of sp³-hybridized carbons (Fsp3) is 0.560. The Bertz CT molecular complexity index is 1250. The molecule has 35 heavy (non-hydrogen) atoms. The lowest BCUT2D eigenvalue weighted by atomic mass is 9.92. The molecule has 1 aliphatic rings. The van der Waals surface area contributed by atoms with E-state index in [2.05, 4.69) is 47.8 Å². The third kappa shape index (κ3) is 4.93. The highest BCUT2D eigenvalue weighted by atomic mass is 16.5. The minimum Gasteiger partial charge on any atom is -0.504 e. The third-order valence-corrected chi connectivity index (χ3v) is 6.66. The maximum atomic E-state index is 10.4. The number of anilines is 1. The van der Waals surface area contributed by atoms with Crippen molar-refractivity contribution in [3.05, 3.63) is 29.0 Å². The Hall–Kier alpha value is -3.27. The Morgan fingerprint density at radius 2 is 1.89 bits per heavy atom. The normalized spacial score (nSPS) is 19.1. The molecule has 1 fully saturated rings. The van der Waals surface area contributed by atoms with Gasteiger partial charge in [0.2, 0.25) is 11.4 Å². The molecular weight excluding hydrogens is 446 g/mol. The zero-order valence-electron chi connectivity index (χ0n) is 21.2. The van der Waals surface area contributed by atoms with E-state index in [-0.39, 0.29) is 47.8 Å². The van der Waals surface area contributed by atoms with Gasteiger partial charge in [-0.05, 0) is 57.6 Å². The molecule has 0 aliphatic heterocycles. The molecule has 0 unspecified atom stereocenters. The highest BCUT2D eigenvalue weighted by Crippen LogP contribution is 2.38. The Kier molecular flexibility index (Phi) is 7.20. The molecule has 3 aromatic rings. The number of nitrogens with two attached hydrogens (primary N) is 1. The number of phenolic OH excluding ortho intramolecular Hbond substituents is 2. The zero-order valence-corrected chi connectivity index (χ0v) is 21.2. The number of methoxy groups -OCH3 is 1. The topological polar surface area (TPSA) is 147 Å². The van der Waals surface area contributed by atoms with Crippen molar-refractivity contribution in [1.82, 2.24) is 19.7 Å². The zero-order chi connectivity index (χ0) is 25.3. The molecule has 10 nitrogen and oxygen atoms in total. The predicted molar refractivity (Wildman–Crippen MR) is 136 cm³/mol. The molecule has 0 radical (unpaired) electrons. The molecule has 0 amide bonds. The van der Waals surface area contributed by atoms with Gasteiger partial charge >= 0.3 is 0 Å². The number of hydrogen-bond acceptors (Lipinski definition) is 8. The van der Waals surface area contributed by atoms with Crippen molar-refractivity contribution in [2.75, 3.05) is 12.4 Å². The molecule has 1 saturated carbocycles. The van der Waals surface area contributed by atoms with Crippen LogP contribution in [0.1, 0.15) is 76.6 Å². The van der Waals surface area contributed by atoms with Gasteiger partial charge in [-0.15, -0.1) is 0 Å².